The molecule has 4 heterocycles. The van der Waals surface area contributed by atoms with Crippen molar-refractivity contribution >= 4 is 40.6 Å². The molecule has 0 saturated carbocycles. The van der Waals surface area contributed by atoms with Crippen LogP contribution in [-0.2, 0) is 36.7 Å². The van der Waals surface area contributed by atoms with Crippen LogP contribution in [0.15, 0.2) is 26.9 Å². The van der Waals surface area contributed by atoms with Gasteiger partial charge in [0.05, 0.1) is 11.5 Å². The molecular weight excluding hydrogens is 490 g/mol. The summed E-state index contributed by atoms with van der Waals surface area (Å²) in [6.45, 7) is 3.31. The van der Waals surface area contributed by atoms with Gasteiger partial charge in [0.15, 0.2) is 0 Å². The normalized spacial score (nSPS) is 17.5. The minimum absolute atomic E-state index is 0.155. The summed E-state index contributed by atoms with van der Waals surface area (Å²) in [5, 5.41) is 10.5. The molecule has 0 N–H and O–H groups in total. The second-order valence-corrected chi connectivity index (χ2v) is 9.92. The van der Waals surface area contributed by atoms with Crippen LogP contribution in [0, 0.1) is 17.2 Å². The summed E-state index contributed by atoms with van der Waals surface area (Å²) >= 11 is 0. The molecule has 1 aromatic heterocycles. The number of carbonyl (C=O) groups is 3. The van der Waals surface area contributed by atoms with Gasteiger partial charge in [0, 0.05) is 49.7 Å². The molecule has 3 aliphatic heterocycles. The minimum Gasteiger partial charge on any atom is -0.428 e. The number of ether oxygens (including phenoxy) is 2. The Balaban J connectivity index is 1.33. The zero-order valence-electron chi connectivity index (χ0n) is 21.3. The molecule has 0 spiro atoms. The topological polar surface area (TPSA) is 130 Å². The third-order valence-electron chi connectivity index (χ3n) is 7.47. The number of hydrogen-bond acceptors (Lipinski definition) is 9. The van der Waals surface area contributed by atoms with Gasteiger partial charge in [0.2, 0.25) is 6.79 Å². The molecule has 2 aromatic rings. The number of aryl methyl sites for hydroxylation is 2. The summed E-state index contributed by atoms with van der Waals surface area (Å²) in [4.78, 5) is 52.9. The Morgan fingerprint density at radius 2 is 1.84 bits per heavy atom. The van der Waals surface area contributed by atoms with Crippen molar-refractivity contribution in [2.45, 2.75) is 45.4 Å². The fraction of sp³-hybridized carbons (Fsp3) is 0.464. The van der Waals surface area contributed by atoms with Crippen molar-refractivity contribution in [3.8, 4) is 6.07 Å². The van der Waals surface area contributed by atoms with E-state index in [0.717, 1.165) is 49.7 Å². The van der Waals surface area contributed by atoms with Crippen molar-refractivity contribution in [2.75, 3.05) is 37.9 Å². The quantitative estimate of drug-likeness (QED) is 0.192. The third kappa shape index (κ3) is 5.01. The van der Waals surface area contributed by atoms with Gasteiger partial charge in [-0.2, -0.15) is 5.26 Å². The molecule has 3 aliphatic rings. The lowest BCUT2D eigenvalue weighted by Crippen LogP contribution is -2.41. The van der Waals surface area contributed by atoms with E-state index in [-0.39, 0.29) is 24.2 Å². The van der Waals surface area contributed by atoms with Crippen LogP contribution in [0.5, 0.6) is 0 Å². The predicted molar refractivity (Wildman–Crippen MR) is 137 cm³/mol. The van der Waals surface area contributed by atoms with E-state index in [1.807, 2.05) is 6.07 Å². The lowest BCUT2D eigenvalue weighted by molar-refractivity contribution is -0.170. The first-order chi connectivity index (χ1) is 18.4. The van der Waals surface area contributed by atoms with Crippen LogP contribution in [0.25, 0.3) is 17.0 Å². The number of nitrogens with zero attached hydrogens (tertiary/aromatic N) is 3. The molecular formula is C28H29N3O7. The highest BCUT2D eigenvalue weighted by atomic mass is 16.7. The molecule has 0 atom stereocenters. The summed E-state index contributed by atoms with van der Waals surface area (Å²) in [6, 6.07) is 5.70. The molecule has 0 unspecified atom stereocenters. The van der Waals surface area contributed by atoms with Crippen molar-refractivity contribution < 1.29 is 28.3 Å². The zero-order chi connectivity index (χ0) is 26.8. The van der Waals surface area contributed by atoms with Crippen molar-refractivity contribution in [3.63, 3.8) is 0 Å². The Labute approximate surface area is 219 Å². The Bertz CT molecular complexity index is 1420. The van der Waals surface area contributed by atoms with Crippen LogP contribution in [0.1, 0.15) is 49.3 Å². The highest BCUT2D eigenvalue weighted by Gasteiger charge is 2.30. The summed E-state index contributed by atoms with van der Waals surface area (Å²) in [6.07, 6.45) is 5.90. The van der Waals surface area contributed by atoms with Crippen molar-refractivity contribution in [1.29, 1.82) is 5.26 Å². The number of nitriles is 1. The Hall–Kier alpha value is -4.13. The van der Waals surface area contributed by atoms with E-state index < -0.39 is 36.2 Å². The summed E-state index contributed by atoms with van der Waals surface area (Å²) in [7, 11) is 0. The fourth-order valence-corrected chi connectivity index (χ4v) is 5.64. The van der Waals surface area contributed by atoms with Crippen LogP contribution in [0.3, 0.4) is 0 Å². The number of anilines is 1. The van der Waals surface area contributed by atoms with E-state index in [1.165, 1.54) is 29.2 Å². The Morgan fingerprint density at radius 3 is 2.55 bits per heavy atom. The third-order valence-corrected chi connectivity index (χ3v) is 7.47. The van der Waals surface area contributed by atoms with Crippen molar-refractivity contribution in [3.05, 3.63) is 44.8 Å². The van der Waals surface area contributed by atoms with Crippen LogP contribution in [-0.4, -0.2) is 55.7 Å². The second kappa shape index (κ2) is 10.7. The van der Waals surface area contributed by atoms with E-state index in [2.05, 4.69) is 15.7 Å². The maximum atomic E-state index is 13.1. The first-order valence-corrected chi connectivity index (χ1v) is 12.9. The number of rotatable bonds is 5. The number of carbonyl (C=O) groups excluding carboxylic acids is 3. The largest absolute Gasteiger partial charge is 0.428 e. The minimum atomic E-state index is -0.587. The summed E-state index contributed by atoms with van der Waals surface area (Å²) < 4.78 is 15.3. The van der Waals surface area contributed by atoms with Gasteiger partial charge in [-0.15, -0.1) is 0 Å². The SMILES string of the molecule is CC(=O)OCOC(=O)C1CCN(C(=O)/C(C#N)=C/c2cc3cc4c5c(c3oc2=O)CCCN5CCC4)CC1. The van der Waals surface area contributed by atoms with Crippen LogP contribution in [0.4, 0.5) is 5.69 Å². The molecule has 5 rings (SSSR count). The lowest BCUT2D eigenvalue weighted by Gasteiger charge is -2.37. The van der Waals surface area contributed by atoms with Gasteiger partial charge >= 0.3 is 17.6 Å². The second-order valence-electron chi connectivity index (χ2n) is 9.92. The number of esters is 2. The predicted octanol–water partition coefficient (Wildman–Crippen LogP) is 2.70. The first kappa shape index (κ1) is 25.5. The average Bonchev–Trinajstić information content (AvgIpc) is 2.92. The van der Waals surface area contributed by atoms with E-state index in [9.17, 15) is 24.4 Å². The van der Waals surface area contributed by atoms with E-state index in [0.29, 0.717) is 18.4 Å². The standard InChI is InChI=1S/C28H29N3O7/c1-17(32)36-16-37-27(34)18-6-10-31(11-7-18)26(33)22(15-29)14-21-13-20-12-19-4-2-8-30-9-3-5-23(24(19)30)25(20)38-28(21)35/h12-14,18H,2-11,16H2,1H3/b22-14+. The fourth-order valence-electron chi connectivity index (χ4n) is 5.64. The van der Waals surface area contributed by atoms with E-state index >= 15 is 0 Å². The number of fused-ring (bicyclic) bond motifs is 2. The molecule has 1 saturated heterocycles. The molecule has 1 amide bonds. The maximum absolute atomic E-state index is 13.1. The highest BCUT2D eigenvalue weighted by Crippen LogP contribution is 2.39. The zero-order valence-corrected chi connectivity index (χ0v) is 21.3. The number of amides is 1. The van der Waals surface area contributed by atoms with Gasteiger partial charge in [-0.1, -0.05) is 0 Å². The van der Waals surface area contributed by atoms with Crippen molar-refractivity contribution in [2.24, 2.45) is 5.92 Å². The Morgan fingerprint density at radius 1 is 1.11 bits per heavy atom. The van der Waals surface area contributed by atoms with Crippen LogP contribution >= 0.6 is 0 Å². The molecule has 0 bridgehead atoms. The number of piperidine rings is 1. The van der Waals surface area contributed by atoms with E-state index in [1.54, 1.807) is 6.07 Å². The van der Waals surface area contributed by atoms with Gasteiger partial charge in [-0.25, -0.2) is 4.79 Å². The van der Waals surface area contributed by atoms with Gasteiger partial charge in [-0.3, -0.25) is 14.4 Å². The molecule has 198 valence electrons. The molecule has 10 nitrogen and oxygen atoms in total. The maximum Gasteiger partial charge on any atom is 0.343 e. The lowest BCUT2D eigenvalue weighted by atomic mass is 9.90. The number of hydrogen-bond donors (Lipinski definition) is 0. The van der Waals surface area contributed by atoms with Gasteiger partial charge in [0.25, 0.3) is 5.91 Å². The first-order valence-electron chi connectivity index (χ1n) is 12.9. The average molecular weight is 520 g/mol. The smallest absolute Gasteiger partial charge is 0.343 e. The van der Waals surface area contributed by atoms with Crippen LogP contribution < -0.4 is 10.5 Å². The van der Waals surface area contributed by atoms with Gasteiger partial charge in [-0.05, 0) is 62.3 Å². The molecule has 1 fully saturated rings. The van der Waals surface area contributed by atoms with Crippen molar-refractivity contribution in [1.82, 2.24) is 4.90 Å². The number of benzene rings is 1. The molecule has 0 aliphatic carbocycles. The Kier molecular flexibility index (Phi) is 7.18. The number of likely N-dealkylation sites (tertiary alicyclic amines) is 1. The van der Waals surface area contributed by atoms with Gasteiger partial charge < -0.3 is 23.7 Å². The molecule has 38 heavy (non-hydrogen) atoms. The summed E-state index contributed by atoms with van der Waals surface area (Å²) in [5.41, 5.74) is 3.50. The monoisotopic (exact) mass is 519 g/mol. The molecule has 10 heteroatoms. The van der Waals surface area contributed by atoms with E-state index in [4.69, 9.17) is 9.15 Å². The van der Waals surface area contributed by atoms with Gasteiger partial charge in [0.1, 0.15) is 17.2 Å². The molecule has 1 aromatic carbocycles. The van der Waals surface area contributed by atoms with Crippen LogP contribution in [0.2, 0.25) is 0 Å². The molecule has 0 radical (unpaired) electrons. The highest BCUT2D eigenvalue weighted by molar-refractivity contribution is 6.02. The summed E-state index contributed by atoms with van der Waals surface area (Å²) in [5.74, 6) is -1.97.